The molecule has 0 radical (unpaired) electrons. The summed E-state index contributed by atoms with van der Waals surface area (Å²) in [6.45, 7) is 1.40. The number of benzene rings is 1. The Balaban J connectivity index is 2.03. The zero-order valence-corrected chi connectivity index (χ0v) is 12.9. The first-order valence-corrected chi connectivity index (χ1v) is 9.15. The lowest BCUT2D eigenvalue weighted by molar-refractivity contribution is -0.132. The van der Waals surface area contributed by atoms with Crippen molar-refractivity contribution in [3.05, 3.63) is 30.3 Å². The predicted octanol–water partition coefficient (Wildman–Crippen LogP) is 2.40. The van der Waals surface area contributed by atoms with E-state index in [9.17, 15) is 13.2 Å². The number of hydrogen-bond acceptors (Lipinski definition) is 3. The third kappa shape index (κ3) is 2.27. The minimum atomic E-state index is -3.63. The lowest BCUT2D eigenvalue weighted by Crippen LogP contribution is -2.51. The van der Waals surface area contributed by atoms with E-state index in [4.69, 9.17) is 0 Å². The van der Waals surface area contributed by atoms with Gasteiger partial charge in [0, 0.05) is 13.1 Å². The minimum absolute atomic E-state index is 0.165. The summed E-state index contributed by atoms with van der Waals surface area (Å²) in [6, 6.07) is 8.44. The Morgan fingerprint density at radius 3 is 2.10 bits per heavy atom. The van der Waals surface area contributed by atoms with Crippen LogP contribution in [0.25, 0.3) is 0 Å². The summed E-state index contributed by atoms with van der Waals surface area (Å²) in [5.41, 5.74) is 0. The molecule has 5 heteroatoms. The Hall–Kier alpha value is -1.36. The number of carbonyl (C=O) groups excluding carboxylic acids is 1. The summed E-state index contributed by atoms with van der Waals surface area (Å²) in [6.07, 6.45) is 4.50. The van der Waals surface area contributed by atoms with Crippen molar-refractivity contribution >= 4 is 15.7 Å². The van der Waals surface area contributed by atoms with E-state index in [0.29, 0.717) is 25.9 Å². The van der Waals surface area contributed by atoms with Gasteiger partial charge in [-0.2, -0.15) is 0 Å². The van der Waals surface area contributed by atoms with Gasteiger partial charge in [-0.05, 0) is 37.8 Å². The third-order valence-corrected chi connectivity index (χ3v) is 7.27. The van der Waals surface area contributed by atoms with Crippen molar-refractivity contribution in [3.63, 3.8) is 0 Å². The number of sulfone groups is 1. The average molecular weight is 307 g/mol. The van der Waals surface area contributed by atoms with E-state index in [1.165, 1.54) is 0 Å². The molecule has 0 bridgehead atoms. The van der Waals surface area contributed by atoms with Gasteiger partial charge >= 0.3 is 0 Å². The minimum Gasteiger partial charge on any atom is -0.341 e. The molecular formula is C16H21NO3S. The Morgan fingerprint density at radius 1 is 0.952 bits per heavy atom. The second-order valence-corrected chi connectivity index (χ2v) is 8.28. The second-order valence-electron chi connectivity index (χ2n) is 6.02. The van der Waals surface area contributed by atoms with E-state index in [0.717, 1.165) is 25.7 Å². The Labute approximate surface area is 126 Å². The van der Waals surface area contributed by atoms with Gasteiger partial charge in [-0.1, -0.05) is 31.0 Å². The van der Waals surface area contributed by atoms with E-state index >= 15 is 0 Å². The molecular weight excluding hydrogens is 286 g/mol. The van der Waals surface area contributed by atoms with Gasteiger partial charge in [-0.25, -0.2) is 8.42 Å². The molecule has 1 amide bonds. The molecule has 1 saturated heterocycles. The zero-order valence-electron chi connectivity index (χ0n) is 12.1. The van der Waals surface area contributed by atoms with Crippen LogP contribution in [0.15, 0.2) is 35.2 Å². The van der Waals surface area contributed by atoms with Crippen molar-refractivity contribution in [3.8, 4) is 0 Å². The lowest BCUT2D eigenvalue weighted by atomic mass is 10.1. The topological polar surface area (TPSA) is 54.5 Å². The summed E-state index contributed by atoms with van der Waals surface area (Å²) in [7, 11) is -3.63. The van der Waals surface area contributed by atoms with Crippen molar-refractivity contribution in [2.24, 2.45) is 0 Å². The van der Waals surface area contributed by atoms with E-state index in [-0.39, 0.29) is 10.8 Å². The van der Waals surface area contributed by atoms with Crippen LogP contribution in [0.4, 0.5) is 0 Å². The number of nitrogens with zero attached hydrogens (tertiary/aromatic N) is 1. The maximum atomic E-state index is 13.1. The first-order valence-electron chi connectivity index (χ1n) is 7.67. The zero-order chi connectivity index (χ0) is 14.9. The summed E-state index contributed by atoms with van der Waals surface area (Å²) in [5, 5.41) is 0. The maximum Gasteiger partial charge on any atom is 0.244 e. The average Bonchev–Trinajstić information content (AvgIpc) is 3.19. The summed E-state index contributed by atoms with van der Waals surface area (Å²) in [5.74, 6) is -0.165. The fourth-order valence-electron chi connectivity index (χ4n) is 3.58. The molecule has 1 saturated carbocycles. The number of amides is 1. The predicted molar refractivity (Wildman–Crippen MR) is 80.6 cm³/mol. The fraction of sp³-hybridized carbons (Fsp3) is 0.562. The van der Waals surface area contributed by atoms with Gasteiger partial charge in [0.15, 0.2) is 14.6 Å². The molecule has 2 aliphatic rings. The SMILES string of the molecule is O=C(N1CCCC1)C1(S(=O)(=O)c2ccccc2)CCCC1. The van der Waals surface area contributed by atoms with Crippen LogP contribution in [-0.2, 0) is 14.6 Å². The molecule has 1 aliphatic carbocycles. The maximum absolute atomic E-state index is 13.1. The van der Waals surface area contributed by atoms with Crippen LogP contribution in [0.3, 0.4) is 0 Å². The molecule has 0 atom stereocenters. The van der Waals surface area contributed by atoms with E-state index in [1.54, 1.807) is 35.2 Å². The standard InChI is InChI=1S/C16H21NO3S/c18-15(17-12-6-7-13-17)16(10-4-5-11-16)21(19,20)14-8-2-1-3-9-14/h1-3,8-9H,4-7,10-13H2. The second kappa shape index (κ2) is 5.44. The highest BCUT2D eigenvalue weighted by molar-refractivity contribution is 7.93. The fourth-order valence-corrected chi connectivity index (χ4v) is 5.73. The number of likely N-dealkylation sites (tertiary alicyclic amines) is 1. The first kappa shape index (κ1) is 14.6. The van der Waals surface area contributed by atoms with Crippen LogP contribution in [-0.4, -0.2) is 37.1 Å². The molecule has 0 unspecified atom stereocenters. The number of rotatable bonds is 3. The number of carbonyl (C=O) groups is 1. The van der Waals surface area contributed by atoms with E-state index in [1.807, 2.05) is 0 Å². The van der Waals surface area contributed by atoms with Crippen LogP contribution in [0.2, 0.25) is 0 Å². The summed E-state index contributed by atoms with van der Waals surface area (Å²) in [4.78, 5) is 15.0. The molecule has 3 rings (SSSR count). The highest BCUT2D eigenvalue weighted by Crippen LogP contribution is 2.42. The Bertz CT molecular complexity index is 612. The molecule has 1 heterocycles. The highest BCUT2D eigenvalue weighted by atomic mass is 32.2. The Kier molecular flexibility index (Phi) is 3.78. The third-order valence-electron chi connectivity index (χ3n) is 4.76. The van der Waals surface area contributed by atoms with Crippen molar-refractivity contribution in [1.29, 1.82) is 0 Å². The quantitative estimate of drug-likeness (QED) is 0.861. The van der Waals surface area contributed by atoms with Crippen LogP contribution in [0, 0.1) is 0 Å². The summed E-state index contributed by atoms with van der Waals surface area (Å²) >= 11 is 0. The molecule has 1 aromatic rings. The van der Waals surface area contributed by atoms with Gasteiger partial charge in [0.05, 0.1) is 4.90 Å². The number of hydrogen-bond donors (Lipinski definition) is 0. The molecule has 4 nitrogen and oxygen atoms in total. The van der Waals surface area contributed by atoms with Gasteiger partial charge in [0.2, 0.25) is 5.91 Å². The van der Waals surface area contributed by atoms with Gasteiger partial charge in [-0.15, -0.1) is 0 Å². The molecule has 21 heavy (non-hydrogen) atoms. The van der Waals surface area contributed by atoms with Crippen molar-refractivity contribution in [2.75, 3.05) is 13.1 Å². The largest absolute Gasteiger partial charge is 0.341 e. The lowest BCUT2D eigenvalue weighted by Gasteiger charge is -2.31. The Morgan fingerprint density at radius 2 is 1.52 bits per heavy atom. The molecule has 2 fully saturated rings. The summed E-state index contributed by atoms with van der Waals surface area (Å²) < 4.78 is 25.0. The van der Waals surface area contributed by atoms with Gasteiger partial charge in [0.25, 0.3) is 0 Å². The monoisotopic (exact) mass is 307 g/mol. The molecule has 0 spiro atoms. The van der Waals surface area contributed by atoms with Gasteiger partial charge in [-0.3, -0.25) is 4.79 Å². The van der Waals surface area contributed by atoms with Gasteiger partial charge in [0.1, 0.15) is 0 Å². The molecule has 0 N–H and O–H groups in total. The first-order chi connectivity index (χ1) is 10.1. The molecule has 1 aromatic carbocycles. The van der Waals surface area contributed by atoms with Crippen molar-refractivity contribution in [1.82, 2.24) is 4.90 Å². The van der Waals surface area contributed by atoms with Crippen LogP contribution >= 0.6 is 0 Å². The normalized spacial score (nSPS) is 21.6. The molecule has 114 valence electrons. The van der Waals surface area contributed by atoms with E-state index < -0.39 is 14.6 Å². The highest BCUT2D eigenvalue weighted by Gasteiger charge is 2.54. The molecule has 1 aliphatic heterocycles. The molecule has 0 aromatic heterocycles. The van der Waals surface area contributed by atoms with Crippen LogP contribution in [0.5, 0.6) is 0 Å². The smallest absolute Gasteiger partial charge is 0.244 e. The van der Waals surface area contributed by atoms with E-state index in [2.05, 4.69) is 0 Å². The van der Waals surface area contributed by atoms with Crippen LogP contribution < -0.4 is 0 Å². The van der Waals surface area contributed by atoms with Gasteiger partial charge < -0.3 is 4.90 Å². The van der Waals surface area contributed by atoms with Crippen LogP contribution in [0.1, 0.15) is 38.5 Å². The van der Waals surface area contributed by atoms with Crippen molar-refractivity contribution in [2.45, 2.75) is 48.2 Å². The van der Waals surface area contributed by atoms with Crippen molar-refractivity contribution < 1.29 is 13.2 Å².